The molecule has 2 heterocycles. The number of aromatic amines is 2. The fraction of sp³-hybridized carbons (Fsp3) is 0.429. The molecule has 2 aromatic rings. The van der Waals surface area contributed by atoms with Crippen molar-refractivity contribution in [1.82, 2.24) is 35.3 Å². The van der Waals surface area contributed by atoms with Crippen molar-refractivity contribution in [1.29, 1.82) is 0 Å². The first-order chi connectivity index (χ1) is 7.99. The molecule has 0 amide bonds. The molecule has 0 spiro atoms. The van der Waals surface area contributed by atoms with E-state index < -0.39 is 16.1 Å². The Morgan fingerprint density at radius 3 is 2.76 bits per heavy atom. The third-order valence-corrected chi connectivity index (χ3v) is 3.50. The van der Waals surface area contributed by atoms with Crippen LogP contribution in [0.5, 0.6) is 0 Å². The molecule has 0 radical (unpaired) electrons. The normalized spacial score (nSPS) is 13.8. The van der Waals surface area contributed by atoms with E-state index in [4.69, 9.17) is 0 Å². The van der Waals surface area contributed by atoms with Crippen LogP contribution in [0.2, 0.25) is 0 Å². The van der Waals surface area contributed by atoms with Crippen LogP contribution in [0.1, 0.15) is 24.6 Å². The zero-order valence-corrected chi connectivity index (χ0v) is 9.98. The molecule has 0 fully saturated rings. The molecule has 0 aliphatic carbocycles. The van der Waals surface area contributed by atoms with Gasteiger partial charge in [-0.05, 0) is 13.8 Å². The number of hydrogen-bond donors (Lipinski definition) is 3. The lowest BCUT2D eigenvalue weighted by Crippen LogP contribution is -2.28. The summed E-state index contributed by atoms with van der Waals surface area (Å²) < 4.78 is 26.2. The molecule has 0 saturated heterocycles. The number of rotatable bonds is 4. The fourth-order valence-corrected chi connectivity index (χ4v) is 2.41. The molecule has 1 unspecified atom stereocenters. The van der Waals surface area contributed by atoms with E-state index >= 15 is 0 Å². The van der Waals surface area contributed by atoms with Crippen LogP contribution in [0.25, 0.3) is 0 Å². The van der Waals surface area contributed by atoms with Crippen LogP contribution in [-0.4, -0.2) is 39.0 Å². The Labute approximate surface area is 97.1 Å². The first-order valence-electron chi connectivity index (χ1n) is 4.76. The van der Waals surface area contributed by atoms with Gasteiger partial charge in [0.2, 0.25) is 0 Å². The van der Waals surface area contributed by atoms with E-state index in [2.05, 4.69) is 35.3 Å². The van der Waals surface area contributed by atoms with Gasteiger partial charge < -0.3 is 4.98 Å². The van der Waals surface area contributed by atoms with E-state index in [0.29, 0.717) is 5.82 Å². The maximum absolute atomic E-state index is 11.9. The van der Waals surface area contributed by atoms with Gasteiger partial charge in [0.25, 0.3) is 10.0 Å². The van der Waals surface area contributed by atoms with Gasteiger partial charge in [0.1, 0.15) is 5.82 Å². The first kappa shape index (κ1) is 11.7. The lowest BCUT2D eigenvalue weighted by molar-refractivity contribution is 0.557. The second-order valence-electron chi connectivity index (χ2n) is 3.45. The lowest BCUT2D eigenvalue weighted by Gasteiger charge is -2.08. The zero-order valence-electron chi connectivity index (χ0n) is 9.17. The quantitative estimate of drug-likeness (QED) is 0.662. The van der Waals surface area contributed by atoms with E-state index in [-0.39, 0.29) is 10.9 Å². The molecule has 2 aromatic heterocycles. The minimum Gasteiger partial charge on any atom is -0.332 e. The van der Waals surface area contributed by atoms with E-state index in [1.54, 1.807) is 13.8 Å². The summed E-state index contributed by atoms with van der Waals surface area (Å²) in [6.07, 6.45) is 1.25. The summed E-state index contributed by atoms with van der Waals surface area (Å²) in [5.74, 6) is 0.794. The number of imidazole rings is 1. The van der Waals surface area contributed by atoms with Gasteiger partial charge in [-0.2, -0.15) is 9.94 Å². The number of tetrazole rings is 1. The highest BCUT2D eigenvalue weighted by atomic mass is 32.2. The van der Waals surface area contributed by atoms with E-state index in [9.17, 15) is 8.42 Å². The molecule has 0 bridgehead atoms. The van der Waals surface area contributed by atoms with E-state index in [1.165, 1.54) is 6.20 Å². The molecular weight excluding hydrogens is 246 g/mol. The minimum absolute atomic E-state index is 0.00495. The summed E-state index contributed by atoms with van der Waals surface area (Å²) in [6, 6.07) is -0.581. The molecule has 1 atom stereocenters. The Morgan fingerprint density at radius 2 is 2.24 bits per heavy atom. The van der Waals surface area contributed by atoms with Gasteiger partial charge >= 0.3 is 0 Å². The van der Waals surface area contributed by atoms with Crippen molar-refractivity contribution in [2.75, 3.05) is 0 Å². The Morgan fingerprint density at radius 1 is 1.47 bits per heavy atom. The molecule has 92 valence electrons. The number of aryl methyl sites for hydroxylation is 1. The molecule has 17 heavy (non-hydrogen) atoms. The molecule has 3 N–H and O–H groups in total. The summed E-state index contributed by atoms with van der Waals surface area (Å²) in [6.45, 7) is 3.28. The van der Waals surface area contributed by atoms with Gasteiger partial charge in [-0.3, -0.25) is 0 Å². The Hall–Kier alpha value is -1.81. The van der Waals surface area contributed by atoms with Crippen LogP contribution in [-0.2, 0) is 10.0 Å². The van der Waals surface area contributed by atoms with Gasteiger partial charge in [-0.1, -0.05) is 5.21 Å². The van der Waals surface area contributed by atoms with Crippen molar-refractivity contribution in [2.24, 2.45) is 0 Å². The van der Waals surface area contributed by atoms with Gasteiger partial charge in [-0.15, -0.1) is 10.2 Å². The second kappa shape index (κ2) is 4.22. The highest BCUT2D eigenvalue weighted by Gasteiger charge is 2.22. The Kier molecular flexibility index (Phi) is 2.90. The van der Waals surface area contributed by atoms with Gasteiger partial charge in [0.15, 0.2) is 10.9 Å². The van der Waals surface area contributed by atoms with Crippen molar-refractivity contribution in [2.45, 2.75) is 24.9 Å². The number of aromatic nitrogens is 6. The largest absolute Gasteiger partial charge is 0.332 e. The second-order valence-corrected chi connectivity index (χ2v) is 5.13. The van der Waals surface area contributed by atoms with Gasteiger partial charge in [0.05, 0.1) is 12.2 Å². The predicted molar refractivity (Wildman–Crippen MR) is 56.2 cm³/mol. The van der Waals surface area contributed by atoms with Crippen molar-refractivity contribution < 1.29 is 8.42 Å². The van der Waals surface area contributed by atoms with Crippen LogP contribution < -0.4 is 4.72 Å². The predicted octanol–water partition coefficient (Wildman–Crippen LogP) is -0.729. The number of hydrogen-bond acceptors (Lipinski definition) is 6. The highest BCUT2D eigenvalue weighted by Crippen LogP contribution is 2.11. The maximum atomic E-state index is 11.9. The molecule has 0 aliphatic heterocycles. The number of H-pyrrole nitrogens is 2. The average Bonchev–Trinajstić information content (AvgIpc) is 2.86. The topological polar surface area (TPSA) is 129 Å². The summed E-state index contributed by atoms with van der Waals surface area (Å²) >= 11 is 0. The third kappa shape index (κ3) is 2.47. The zero-order chi connectivity index (χ0) is 12.5. The molecular formula is C7H11N7O2S. The van der Waals surface area contributed by atoms with Crippen molar-refractivity contribution >= 4 is 10.0 Å². The summed E-state index contributed by atoms with van der Waals surface area (Å²) in [4.78, 5) is 6.47. The number of nitrogens with zero attached hydrogens (tertiary/aromatic N) is 4. The summed E-state index contributed by atoms with van der Waals surface area (Å²) in [5, 5.41) is 13.0. The molecule has 0 aliphatic rings. The van der Waals surface area contributed by atoms with Crippen LogP contribution in [0.4, 0.5) is 0 Å². The number of sulfonamides is 1. The molecule has 0 saturated carbocycles. The SMILES string of the molecule is Cc1ncc(S(=O)(=O)NC(C)c2nn[nH]n2)[nH]1. The molecule has 10 heteroatoms. The first-order valence-corrected chi connectivity index (χ1v) is 6.24. The standard InChI is InChI=1S/C7H11N7O2S/c1-4(7-10-13-14-11-7)12-17(15,16)6-3-8-5(2)9-6/h3-4,12H,1-2H3,(H,8,9)(H,10,11,13,14). The molecule has 2 rings (SSSR count). The monoisotopic (exact) mass is 257 g/mol. The van der Waals surface area contributed by atoms with E-state index in [1.807, 2.05) is 0 Å². The highest BCUT2D eigenvalue weighted by molar-refractivity contribution is 7.89. The van der Waals surface area contributed by atoms with Crippen LogP contribution in [0, 0.1) is 6.92 Å². The van der Waals surface area contributed by atoms with Crippen LogP contribution in [0.15, 0.2) is 11.2 Å². The lowest BCUT2D eigenvalue weighted by atomic mass is 10.4. The Balaban J connectivity index is 2.18. The van der Waals surface area contributed by atoms with E-state index in [0.717, 1.165) is 0 Å². The van der Waals surface area contributed by atoms with Crippen LogP contribution in [0.3, 0.4) is 0 Å². The number of nitrogens with one attached hydrogen (secondary N) is 3. The smallest absolute Gasteiger partial charge is 0.258 e. The minimum atomic E-state index is -3.65. The summed E-state index contributed by atoms with van der Waals surface area (Å²) in [5.41, 5.74) is 0. The fourth-order valence-electron chi connectivity index (χ4n) is 1.24. The summed E-state index contributed by atoms with van der Waals surface area (Å²) in [7, 11) is -3.65. The van der Waals surface area contributed by atoms with Gasteiger partial charge in [0, 0.05) is 0 Å². The van der Waals surface area contributed by atoms with Crippen molar-refractivity contribution in [3.63, 3.8) is 0 Å². The van der Waals surface area contributed by atoms with Crippen molar-refractivity contribution in [3.05, 3.63) is 17.8 Å². The third-order valence-electron chi connectivity index (χ3n) is 2.05. The Bertz CT molecular complexity index is 588. The van der Waals surface area contributed by atoms with Gasteiger partial charge in [-0.25, -0.2) is 13.4 Å². The molecule has 0 aromatic carbocycles. The average molecular weight is 257 g/mol. The van der Waals surface area contributed by atoms with Crippen LogP contribution >= 0.6 is 0 Å². The molecule has 9 nitrogen and oxygen atoms in total. The van der Waals surface area contributed by atoms with Crippen molar-refractivity contribution in [3.8, 4) is 0 Å². The maximum Gasteiger partial charge on any atom is 0.258 e.